The molecule has 0 aromatic rings. The maximum atomic E-state index is 5.14. The molecule has 3 nitrogen and oxygen atoms in total. The fraction of sp³-hybridized carbons (Fsp3) is 1.00. The molecule has 6 N–H and O–H groups in total. The van der Waals surface area contributed by atoms with E-state index in [1.54, 1.807) is 0 Å². The quantitative estimate of drug-likeness (QED) is 0.600. The second-order valence-electron chi connectivity index (χ2n) is 3.43. The lowest BCUT2D eigenvalue weighted by Crippen LogP contribution is -1.95. The van der Waals surface area contributed by atoms with Gasteiger partial charge in [-0.15, -0.1) is 0 Å². The molecule has 0 bridgehead atoms. The molecular formula is C12H36BN3. The summed E-state index contributed by atoms with van der Waals surface area (Å²) in [7, 11) is 0. The summed E-state index contributed by atoms with van der Waals surface area (Å²) in [6.07, 6.45) is 7.16. The summed E-state index contributed by atoms with van der Waals surface area (Å²) in [5.74, 6) is 0. The summed E-state index contributed by atoms with van der Waals surface area (Å²) in [4.78, 5) is 0. The average molecular weight is 233 g/mol. The summed E-state index contributed by atoms with van der Waals surface area (Å²) < 4.78 is 0. The molecule has 0 unspecified atom stereocenters. The van der Waals surface area contributed by atoms with E-state index in [1.165, 1.54) is 38.5 Å². The first-order chi connectivity index (χ1) is 7.24. The fourth-order valence-electron chi connectivity index (χ4n) is 0.612. The minimum Gasteiger partial charge on any atom is -0.330 e. The van der Waals surface area contributed by atoms with Crippen molar-refractivity contribution >= 4 is 8.41 Å². The summed E-state index contributed by atoms with van der Waals surface area (Å²) in [5, 5.41) is 0. The van der Waals surface area contributed by atoms with Crippen LogP contribution in [-0.2, 0) is 0 Å². The van der Waals surface area contributed by atoms with Gasteiger partial charge >= 0.3 is 0 Å². The number of rotatable bonds is 6. The fourth-order valence-corrected chi connectivity index (χ4v) is 0.612. The van der Waals surface area contributed by atoms with Gasteiger partial charge in [0.2, 0.25) is 0 Å². The second kappa shape index (κ2) is 36.3. The lowest BCUT2D eigenvalue weighted by molar-refractivity contribution is 0.807. The molecule has 0 aromatic heterocycles. The van der Waals surface area contributed by atoms with E-state index in [1.807, 2.05) is 0 Å². The maximum Gasteiger partial charge on any atom is 0.0814 e. The Morgan fingerprint density at radius 2 is 0.750 bits per heavy atom. The zero-order valence-electron chi connectivity index (χ0n) is 11.1. The molecule has 0 aromatic carbocycles. The minimum atomic E-state index is 0. The van der Waals surface area contributed by atoms with E-state index in [0.29, 0.717) is 0 Å². The molecule has 0 aliphatic rings. The number of unbranched alkanes of at least 4 members (excludes halogenated alkanes) is 3. The number of hydrogen-bond acceptors (Lipinski definition) is 3. The van der Waals surface area contributed by atoms with Gasteiger partial charge in [0.15, 0.2) is 0 Å². The molecule has 0 fully saturated rings. The third kappa shape index (κ3) is 66.1. The van der Waals surface area contributed by atoms with Crippen molar-refractivity contribution in [3.05, 3.63) is 0 Å². The molecular weight excluding hydrogens is 197 g/mol. The highest BCUT2D eigenvalue weighted by Gasteiger charge is 1.68. The van der Waals surface area contributed by atoms with Crippen molar-refractivity contribution in [1.29, 1.82) is 0 Å². The van der Waals surface area contributed by atoms with Crippen LogP contribution in [0.1, 0.15) is 59.3 Å². The molecule has 0 saturated carbocycles. The second-order valence-corrected chi connectivity index (χ2v) is 3.43. The lowest BCUT2D eigenvalue weighted by atomic mass is 10.3. The van der Waals surface area contributed by atoms with Crippen LogP contribution in [0.4, 0.5) is 0 Å². The first-order valence-corrected chi connectivity index (χ1v) is 6.35. The number of nitrogens with two attached hydrogens (primary N) is 3. The molecule has 16 heavy (non-hydrogen) atoms. The van der Waals surface area contributed by atoms with Crippen LogP contribution in [0.3, 0.4) is 0 Å². The Balaban J connectivity index is -0.0000000655. The summed E-state index contributed by atoms with van der Waals surface area (Å²) >= 11 is 0. The molecule has 0 heterocycles. The van der Waals surface area contributed by atoms with E-state index in [-0.39, 0.29) is 8.41 Å². The minimum absolute atomic E-state index is 0. The Kier molecular flexibility index (Phi) is 56.7. The number of hydrogen-bond donors (Lipinski definition) is 3. The van der Waals surface area contributed by atoms with Gasteiger partial charge in [0.25, 0.3) is 0 Å². The third-order valence-corrected chi connectivity index (χ3v) is 1.67. The average Bonchev–Trinajstić information content (AvgIpc) is 2.23. The molecule has 0 radical (unpaired) electrons. The Bertz CT molecular complexity index is 53.0. The van der Waals surface area contributed by atoms with Crippen molar-refractivity contribution in [2.75, 3.05) is 19.6 Å². The van der Waals surface area contributed by atoms with Crippen molar-refractivity contribution in [3.63, 3.8) is 0 Å². The molecule has 0 spiro atoms. The zero-order valence-corrected chi connectivity index (χ0v) is 11.1. The molecule has 0 amide bonds. The van der Waals surface area contributed by atoms with Gasteiger partial charge in [0.05, 0.1) is 8.41 Å². The van der Waals surface area contributed by atoms with Crippen LogP contribution in [-0.4, -0.2) is 28.0 Å². The van der Waals surface area contributed by atoms with E-state index in [0.717, 1.165) is 19.6 Å². The molecule has 4 heteroatoms. The van der Waals surface area contributed by atoms with Crippen LogP contribution in [0.15, 0.2) is 0 Å². The smallest absolute Gasteiger partial charge is 0.0814 e. The van der Waals surface area contributed by atoms with Crippen molar-refractivity contribution in [3.8, 4) is 0 Å². The Morgan fingerprint density at radius 1 is 0.562 bits per heavy atom. The van der Waals surface area contributed by atoms with Gasteiger partial charge in [-0.05, 0) is 38.9 Å². The van der Waals surface area contributed by atoms with Crippen LogP contribution in [0.5, 0.6) is 0 Å². The van der Waals surface area contributed by atoms with E-state index >= 15 is 0 Å². The van der Waals surface area contributed by atoms with Crippen molar-refractivity contribution in [1.82, 2.24) is 0 Å². The molecule has 102 valence electrons. The predicted octanol–water partition coefficient (Wildman–Crippen LogP) is 1.05. The summed E-state index contributed by atoms with van der Waals surface area (Å²) in [6.45, 7) is 8.93. The van der Waals surface area contributed by atoms with Crippen LogP contribution in [0, 0.1) is 0 Å². The van der Waals surface area contributed by atoms with Gasteiger partial charge in [-0.2, -0.15) is 0 Å². The van der Waals surface area contributed by atoms with Gasteiger partial charge < -0.3 is 17.2 Å². The highest BCUT2D eigenvalue weighted by atomic mass is 14.5. The highest BCUT2D eigenvalue weighted by molar-refractivity contribution is 5.75. The molecule has 0 aliphatic heterocycles. The van der Waals surface area contributed by atoms with Crippen molar-refractivity contribution in [2.24, 2.45) is 17.2 Å². The summed E-state index contributed by atoms with van der Waals surface area (Å²) in [5.41, 5.74) is 15.4. The first kappa shape index (κ1) is 25.0. The van der Waals surface area contributed by atoms with Crippen LogP contribution < -0.4 is 17.2 Å². The van der Waals surface area contributed by atoms with Crippen molar-refractivity contribution in [2.45, 2.75) is 59.3 Å². The third-order valence-electron chi connectivity index (χ3n) is 1.67. The topological polar surface area (TPSA) is 78.1 Å². The molecule has 0 aliphatic carbocycles. The standard InChI is InChI=1S/3C4H11N.BH3/c3*1-2-3-4-5;/h3*2-5H2,1H3;1H3. The van der Waals surface area contributed by atoms with E-state index in [4.69, 9.17) is 17.2 Å². The lowest BCUT2D eigenvalue weighted by Gasteiger charge is -1.80. The van der Waals surface area contributed by atoms with Crippen LogP contribution in [0.25, 0.3) is 0 Å². The first-order valence-electron chi connectivity index (χ1n) is 6.35. The normalized spacial score (nSPS) is 7.88. The van der Waals surface area contributed by atoms with Gasteiger partial charge in [-0.25, -0.2) is 0 Å². The van der Waals surface area contributed by atoms with Crippen molar-refractivity contribution < 1.29 is 0 Å². The largest absolute Gasteiger partial charge is 0.330 e. The predicted molar refractivity (Wildman–Crippen MR) is 81.8 cm³/mol. The Hall–Kier alpha value is -0.0551. The van der Waals surface area contributed by atoms with Crippen LogP contribution >= 0.6 is 0 Å². The summed E-state index contributed by atoms with van der Waals surface area (Å²) in [6, 6.07) is 0. The maximum absolute atomic E-state index is 5.14. The Morgan fingerprint density at radius 3 is 0.750 bits per heavy atom. The monoisotopic (exact) mass is 233 g/mol. The molecule has 0 atom stereocenters. The molecule has 0 saturated heterocycles. The SMILES string of the molecule is B.CCCCN.CCCCN.CCCCN. The Labute approximate surface area is 105 Å². The van der Waals surface area contributed by atoms with Gasteiger partial charge in [-0.3, -0.25) is 0 Å². The van der Waals surface area contributed by atoms with Gasteiger partial charge in [0.1, 0.15) is 0 Å². The van der Waals surface area contributed by atoms with Gasteiger partial charge in [-0.1, -0.05) is 40.0 Å². The van der Waals surface area contributed by atoms with E-state index in [9.17, 15) is 0 Å². The molecule has 0 rings (SSSR count). The van der Waals surface area contributed by atoms with Gasteiger partial charge in [0, 0.05) is 0 Å². The van der Waals surface area contributed by atoms with E-state index < -0.39 is 0 Å². The van der Waals surface area contributed by atoms with Crippen LogP contribution in [0.2, 0.25) is 0 Å². The highest BCUT2D eigenvalue weighted by Crippen LogP contribution is 1.77. The van der Waals surface area contributed by atoms with E-state index in [2.05, 4.69) is 20.8 Å². The zero-order chi connectivity index (χ0) is 12.4.